The molecule has 5 rings (SSSR count). The molecule has 1 unspecified atom stereocenters. The largest absolute Gasteiger partial charge is 0.303 e. The van der Waals surface area contributed by atoms with Crippen molar-refractivity contribution in [3.8, 4) is 16.9 Å². The third kappa shape index (κ3) is 5.48. The van der Waals surface area contributed by atoms with Crippen LogP contribution in [-0.4, -0.2) is 32.3 Å². The zero-order chi connectivity index (χ0) is 24.2. The van der Waals surface area contributed by atoms with Crippen molar-refractivity contribution < 1.29 is 4.79 Å². The van der Waals surface area contributed by atoms with E-state index in [1.54, 1.807) is 18.3 Å². The number of amides is 1. The van der Waals surface area contributed by atoms with E-state index in [4.69, 9.17) is 28.3 Å². The number of halogens is 2. The third-order valence-electron chi connectivity index (χ3n) is 5.34. The van der Waals surface area contributed by atoms with Gasteiger partial charge < -0.3 is 5.32 Å². The number of hydrogen-bond acceptors (Lipinski definition) is 5. The quantitative estimate of drug-likeness (QED) is 0.250. The highest BCUT2D eigenvalue weighted by Crippen LogP contribution is 2.28. The van der Waals surface area contributed by atoms with Gasteiger partial charge in [0.05, 0.1) is 27.2 Å². The zero-order valence-electron chi connectivity index (χ0n) is 18.3. The summed E-state index contributed by atoms with van der Waals surface area (Å²) in [5.41, 5.74) is 4.45. The summed E-state index contributed by atoms with van der Waals surface area (Å²) in [6.45, 7) is 0. The first kappa shape index (κ1) is 23.4. The van der Waals surface area contributed by atoms with Gasteiger partial charge in [0.2, 0.25) is 5.91 Å². The number of hydrogen-bond donors (Lipinski definition) is 1. The number of rotatable bonds is 6. The molecule has 1 amide bonds. The molecular formula is C26H19Cl2N5OS. The van der Waals surface area contributed by atoms with Gasteiger partial charge in [-0.1, -0.05) is 89.6 Å². The fourth-order valence-electron chi connectivity index (χ4n) is 3.63. The minimum atomic E-state index is -0.318. The van der Waals surface area contributed by atoms with E-state index >= 15 is 0 Å². The average molecular weight is 520 g/mol. The molecule has 9 heteroatoms. The van der Waals surface area contributed by atoms with E-state index in [0.717, 1.165) is 28.1 Å². The first-order chi connectivity index (χ1) is 17.1. The van der Waals surface area contributed by atoms with Gasteiger partial charge in [-0.3, -0.25) is 4.79 Å². The Labute approximate surface area is 216 Å². The van der Waals surface area contributed by atoms with Crippen LogP contribution in [0.2, 0.25) is 10.0 Å². The Morgan fingerprint density at radius 3 is 2.49 bits per heavy atom. The van der Waals surface area contributed by atoms with E-state index in [2.05, 4.69) is 15.5 Å². The number of carbonyl (C=O) groups excluding carboxylic acids is 1. The summed E-state index contributed by atoms with van der Waals surface area (Å²) in [4.78, 5) is 12.4. The summed E-state index contributed by atoms with van der Waals surface area (Å²) < 4.78 is 1.82. The van der Waals surface area contributed by atoms with Gasteiger partial charge in [0.1, 0.15) is 5.69 Å². The Kier molecular flexibility index (Phi) is 6.99. The molecular weight excluding hydrogens is 501 g/mol. The highest BCUT2D eigenvalue weighted by atomic mass is 35.5. The molecule has 0 radical (unpaired) electrons. The number of benzene rings is 3. The number of aromatic nitrogens is 2. The van der Waals surface area contributed by atoms with Gasteiger partial charge in [-0.2, -0.15) is 10.2 Å². The lowest BCUT2D eigenvalue weighted by atomic mass is 10.1. The number of thioether (sulfide) groups is 1. The van der Waals surface area contributed by atoms with Gasteiger partial charge in [-0.15, -0.1) is 5.10 Å². The maximum atomic E-state index is 12.4. The van der Waals surface area contributed by atoms with Gasteiger partial charge in [0.25, 0.3) is 0 Å². The predicted octanol–water partition coefficient (Wildman–Crippen LogP) is 6.01. The second kappa shape index (κ2) is 10.5. The van der Waals surface area contributed by atoms with Crippen LogP contribution in [0.1, 0.15) is 11.1 Å². The minimum absolute atomic E-state index is 0.114. The lowest BCUT2D eigenvalue weighted by Crippen LogP contribution is -2.25. The summed E-state index contributed by atoms with van der Waals surface area (Å²) in [6.07, 6.45) is 4.08. The van der Waals surface area contributed by atoms with Crippen LogP contribution in [0.25, 0.3) is 16.9 Å². The second-order valence-electron chi connectivity index (χ2n) is 7.78. The van der Waals surface area contributed by atoms with Crippen LogP contribution in [0.3, 0.4) is 0 Å². The fourth-order valence-corrected chi connectivity index (χ4v) is 4.91. The van der Waals surface area contributed by atoms with Gasteiger partial charge in [0.15, 0.2) is 5.17 Å². The smallest absolute Gasteiger partial charge is 0.239 e. The van der Waals surface area contributed by atoms with Crippen LogP contribution in [0.15, 0.2) is 95.3 Å². The van der Waals surface area contributed by atoms with Crippen LogP contribution in [-0.2, 0) is 11.2 Å². The van der Waals surface area contributed by atoms with Crippen molar-refractivity contribution in [3.63, 3.8) is 0 Å². The molecule has 0 aliphatic carbocycles. The monoisotopic (exact) mass is 519 g/mol. The molecule has 1 aromatic heterocycles. The van der Waals surface area contributed by atoms with E-state index in [9.17, 15) is 4.79 Å². The summed E-state index contributed by atoms with van der Waals surface area (Å²) >= 11 is 13.4. The number of para-hydroxylation sites is 1. The molecule has 3 aromatic carbocycles. The molecule has 0 bridgehead atoms. The van der Waals surface area contributed by atoms with E-state index in [1.165, 1.54) is 11.8 Å². The average Bonchev–Trinajstić information content (AvgIpc) is 3.46. The highest BCUT2D eigenvalue weighted by Gasteiger charge is 2.30. The van der Waals surface area contributed by atoms with Crippen molar-refractivity contribution >= 4 is 52.3 Å². The summed E-state index contributed by atoms with van der Waals surface area (Å²) in [5, 5.41) is 17.1. The molecule has 1 saturated heterocycles. The van der Waals surface area contributed by atoms with Crippen LogP contribution < -0.4 is 5.32 Å². The molecule has 1 aliphatic rings. The molecule has 2 heterocycles. The SMILES string of the molecule is O=C1N/C(=N\N=C\c2cn(-c3ccccc3)nc2-c2ccccc2)SC1Cc1ccc(Cl)c(Cl)c1. The van der Waals surface area contributed by atoms with Gasteiger partial charge in [-0.05, 0) is 36.2 Å². The number of amidine groups is 1. The van der Waals surface area contributed by atoms with Crippen LogP contribution >= 0.6 is 35.0 Å². The first-order valence-electron chi connectivity index (χ1n) is 10.8. The van der Waals surface area contributed by atoms with Crippen LogP contribution in [0.5, 0.6) is 0 Å². The van der Waals surface area contributed by atoms with E-state index in [-0.39, 0.29) is 11.2 Å². The van der Waals surface area contributed by atoms with Crippen LogP contribution in [0, 0.1) is 0 Å². The molecule has 0 spiro atoms. The summed E-state index contributed by atoms with van der Waals surface area (Å²) in [5.74, 6) is -0.114. The topological polar surface area (TPSA) is 71.6 Å². The second-order valence-corrected chi connectivity index (χ2v) is 9.78. The predicted molar refractivity (Wildman–Crippen MR) is 144 cm³/mol. The van der Waals surface area contributed by atoms with E-state index < -0.39 is 0 Å². The van der Waals surface area contributed by atoms with Gasteiger partial charge >= 0.3 is 0 Å². The molecule has 1 aliphatic heterocycles. The van der Waals surface area contributed by atoms with E-state index in [0.29, 0.717) is 21.6 Å². The van der Waals surface area contributed by atoms with Crippen molar-refractivity contribution in [2.24, 2.45) is 10.2 Å². The normalized spacial score (nSPS) is 16.8. The molecule has 35 heavy (non-hydrogen) atoms. The molecule has 6 nitrogen and oxygen atoms in total. The molecule has 174 valence electrons. The standard InChI is InChI=1S/C26H19Cl2N5OS/c27-21-12-11-17(13-22(21)28)14-23-25(34)30-26(35-23)31-29-15-19-16-33(20-9-5-2-6-10-20)32-24(19)18-7-3-1-4-8-18/h1-13,15-16,23H,14H2,(H,30,31,34)/b29-15+. The Morgan fingerprint density at radius 2 is 1.74 bits per heavy atom. The fraction of sp³-hybridized carbons (Fsp3) is 0.0769. The lowest BCUT2D eigenvalue weighted by molar-refractivity contribution is -0.118. The summed E-state index contributed by atoms with van der Waals surface area (Å²) in [6, 6.07) is 25.2. The van der Waals surface area contributed by atoms with Crippen molar-refractivity contribution in [1.82, 2.24) is 15.1 Å². The Balaban J connectivity index is 1.35. The first-order valence-corrected chi connectivity index (χ1v) is 12.4. The van der Waals surface area contributed by atoms with E-state index in [1.807, 2.05) is 77.6 Å². The maximum absolute atomic E-state index is 12.4. The van der Waals surface area contributed by atoms with Crippen molar-refractivity contribution in [3.05, 3.63) is 106 Å². The molecule has 1 atom stereocenters. The van der Waals surface area contributed by atoms with Crippen molar-refractivity contribution in [2.45, 2.75) is 11.7 Å². The van der Waals surface area contributed by atoms with Gasteiger partial charge in [0, 0.05) is 17.3 Å². The van der Waals surface area contributed by atoms with Gasteiger partial charge in [-0.25, -0.2) is 4.68 Å². The lowest BCUT2D eigenvalue weighted by Gasteiger charge is -2.06. The van der Waals surface area contributed by atoms with Crippen molar-refractivity contribution in [2.75, 3.05) is 0 Å². The molecule has 1 N–H and O–H groups in total. The molecule has 1 fully saturated rings. The maximum Gasteiger partial charge on any atom is 0.239 e. The highest BCUT2D eigenvalue weighted by molar-refractivity contribution is 8.15. The molecule has 0 saturated carbocycles. The zero-order valence-corrected chi connectivity index (χ0v) is 20.6. The summed E-state index contributed by atoms with van der Waals surface area (Å²) in [7, 11) is 0. The van der Waals surface area contributed by atoms with Crippen molar-refractivity contribution in [1.29, 1.82) is 0 Å². The Hall–Kier alpha value is -3.39. The minimum Gasteiger partial charge on any atom is -0.303 e. The number of nitrogens with zero attached hydrogens (tertiary/aromatic N) is 4. The third-order valence-corrected chi connectivity index (χ3v) is 7.15. The van der Waals surface area contributed by atoms with Crippen LogP contribution in [0.4, 0.5) is 0 Å². The Morgan fingerprint density at radius 1 is 1.00 bits per heavy atom. The molecule has 4 aromatic rings. The number of nitrogens with one attached hydrogen (secondary N) is 1. The Bertz CT molecular complexity index is 1420. The number of carbonyl (C=O) groups is 1.